The number of halogens is 2. The SMILES string of the molecule is Cc1cc(Cl)ccc1C(=O)N(C)CCCCCBr. The summed E-state index contributed by atoms with van der Waals surface area (Å²) in [6.45, 7) is 2.71. The molecule has 0 aliphatic heterocycles. The zero-order valence-electron chi connectivity index (χ0n) is 10.9. The summed E-state index contributed by atoms with van der Waals surface area (Å²) in [5.74, 6) is 0.0722. The van der Waals surface area contributed by atoms with Gasteiger partial charge in [-0.3, -0.25) is 4.79 Å². The second kappa shape index (κ2) is 7.80. The van der Waals surface area contributed by atoms with Crippen LogP contribution in [0.15, 0.2) is 18.2 Å². The molecule has 0 N–H and O–H groups in total. The summed E-state index contributed by atoms with van der Waals surface area (Å²) in [5.41, 5.74) is 1.67. The molecule has 0 aliphatic rings. The van der Waals surface area contributed by atoms with Crippen molar-refractivity contribution in [3.05, 3.63) is 34.3 Å². The lowest BCUT2D eigenvalue weighted by atomic mass is 10.1. The van der Waals surface area contributed by atoms with Crippen molar-refractivity contribution in [2.75, 3.05) is 18.9 Å². The lowest BCUT2D eigenvalue weighted by Gasteiger charge is -2.18. The number of aryl methyl sites for hydroxylation is 1. The maximum atomic E-state index is 12.2. The average Bonchev–Trinajstić information content (AvgIpc) is 2.33. The van der Waals surface area contributed by atoms with Gasteiger partial charge < -0.3 is 4.90 Å². The molecule has 1 aromatic carbocycles. The van der Waals surface area contributed by atoms with Gasteiger partial charge in [-0.2, -0.15) is 0 Å². The molecule has 18 heavy (non-hydrogen) atoms. The zero-order chi connectivity index (χ0) is 13.5. The minimum Gasteiger partial charge on any atom is -0.342 e. The van der Waals surface area contributed by atoms with Gasteiger partial charge in [0.2, 0.25) is 0 Å². The van der Waals surface area contributed by atoms with Gasteiger partial charge in [-0.15, -0.1) is 0 Å². The molecule has 0 unspecified atom stereocenters. The Bertz CT molecular complexity index is 409. The quantitative estimate of drug-likeness (QED) is 0.562. The molecule has 0 heterocycles. The topological polar surface area (TPSA) is 20.3 Å². The van der Waals surface area contributed by atoms with Crippen LogP contribution in [0.3, 0.4) is 0 Å². The van der Waals surface area contributed by atoms with E-state index in [9.17, 15) is 4.79 Å². The fourth-order valence-corrected chi connectivity index (χ4v) is 2.42. The summed E-state index contributed by atoms with van der Waals surface area (Å²) in [5, 5.41) is 1.70. The van der Waals surface area contributed by atoms with Gasteiger partial charge in [-0.05, 0) is 43.5 Å². The number of amides is 1. The first-order valence-corrected chi connectivity index (χ1v) is 7.63. The second-order valence-corrected chi connectivity index (χ2v) is 5.67. The Hall–Kier alpha value is -0.540. The van der Waals surface area contributed by atoms with E-state index in [-0.39, 0.29) is 5.91 Å². The average molecular weight is 333 g/mol. The molecule has 0 bridgehead atoms. The monoisotopic (exact) mass is 331 g/mol. The Morgan fingerprint density at radius 3 is 2.67 bits per heavy atom. The van der Waals surface area contributed by atoms with Crippen molar-refractivity contribution in [1.29, 1.82) is 0 Å². The van der Waals surface area contributed by atoms with E-state index in [0.29, 0.717) is 5.02 Å². The van der Waals surface area contributed by atoms with Gasteiger partial charge in [-0.25, -0.2) is 0 Å². The Labute approximate surface area is 122 Å². The van der Waals surface area contributed by atoms with Crippen LogP contribution in [0, 0.1) is 6.92 Å². The van der Waals surface area contributed by atoms with Crippen molar-refractivity contribution in [1.82, 2.24) is 4.90 Å². The molecule has 0 fully saturated rings. The highest BCUT2D eigenvalue weighted by molar-refractivity contribution is 9.09. The minimum atomic E-state index is 0.0722. The summed E-state index contributed by atoms with van der Waals surface area (Å²) in [4.78, 5) is 14.0. The van der Waals surface area contributed by atoms with Gasteiger partial charge in [-0.1, -0.05) is 34.0 Å². The molecule has 0 aromatic heterocycles. The predicted molar refractivity (Wildman–Crippen MR) is 80.8 cm³/mol. The standard InChI is InChI=1S/C14H19BrClNO/c1-11-10-12(16)6-7-13(11)14(18)17(2)9-5-3-4-8-15/h6-7,10H,3-5,8-9H2,1-2H3. The number of alkyl halides is 1. The number of benzene rings is 1. The summed E-state index contributed by atoms with van der Waals surface area (Å²) in [6, 6.07) is 5.39. The van der Waals surface area contributed by atoms with Crippen LogP contribution in [0.1, 0.15) is 35.2 Å². The Balaban J connectivity index is 2.57. The maximum absolute atomic E-state index is 12.2. The highest BCUT2D eigenvalue weighted by Crippen LogP contribution is 2.16. The molecule has 2 nitrogen and oxygen atoms in total. The molecule has 4 heteroatoms. The first kappa shape index (κ1) is 15.5. The summed E-state index contributed by atoms with van der Waals surface area (Å²) < 4.78 is 0. The molecule has 0 saturated carbocycles. The minimum absolute atomic E-state index is 0.0722. The predicted octanol–water partition coefficient (Wildman–Crippen LogP) is 4.29. The molecule has 0 radical (unpaired) electrons. The van der Waals surface area contributed by atoms with Crippen LogP contribution in [0.2, 0.25) is 5.02 Å². The van der Waals surface area contributed by atoms with Crippen molar-refractivity contribution in [3.63, 3.8) is 0 Å². The molecule has 1 aromatic rings. The largest absolute Gasteiger partial charge is 0.342 e. The number of carbonyl (C=O) groups is 1. The molecule has 0 saturated heterocycles. The normalized spacial score (nSPS) is 10.4. The molecule has 0 atom stereocenters. The molecule has 1 rings (SSSR count). The summed E-state index contributed by atoms with van der Waals surface area (Å²) >= 11 is 9.30. The van der Waals surface area contributed by atoms with E-state index in [4.69, 9.17) is 11.6 Å². The summed E-state index contributed by atoms with van der Waals surface area (Å²) in [7, 11) is 1.85. The molecule has 100 valence electrons. The third kappa shape index (κ3) is 4.62. The van der Waals surface area contributed by atoms with E-state index in [2.05, 4.69) is 15.9 Å². The van der Waals surface area contributed by atoms with Crippen molar-refractivity contribution < 1.29 is 4.79 Å². The fraction of sp³-hybridized carbons (Fsp3) is 0.500. The summed E-state index contributed by atoms with van der Waals surface area (Å²) in [6.07, 6.45) is 3.34. The number of hydrogen-bond donors (Lipinski definition) is 0. The fourth-order valence-electron chi connectivity index (χ4n) is 1.79. The van der Waals surface area contributed by atoms with Crippen LogP contribution in [0.25, 0.3) is 0 Å². The van der Waals surface area contributed by atoms with Gasteiger partial charge in [0.1, 0.15) is 0 Å². The van der Waals surface area contributed by atoms with E-state index >= 15 is 0 Å². The molecular formula is C14H19BrClNO. The van der Waals surface area contributed by atoms with Crippen LogP contribution in [0.5, 0.6) is 0 Å². The van der Waals surface area contributed by atoms with Crippen molar-refractivity contribution in [2.45, 2.75) is 26.2 Å². The molecular weight excluding hydrogens is 314 g/mol. The zero-order valence-corrected chi connectivity index (χ0v) is 13.2. The van der Waals surface area contributed by atoms with E-state index < -0.39 is 0 Å². The number of nitrogens with zero attached hydrogens (tertiary/aromatic N) is 1. The Morgan fingerprint density at radius 2 is 2.06 bits per heavy atom. The van der Waals surface area contributed by atoms with E-state index in [1.165, 1.54) is 0 Å². The third-order valence-corrected chi connectivity index (χ3v) is 3.69. The van der Waals surface area contributed by atoms with E-state index in [1.807, 2.05) is 20.0 Å². The van der Waals surface area contributed by atoms with Crippen LogP contribution in [0.4, 0.5) is 0 Å². The van der Waals surface area contributed by atoms with Gasteiger partial charge in [0.15, 0.2) is 0 Å². The lowest BCUT2D eigenvalue weighted by Crippen LogP contribution is -2.28. The highest BCUT2D eigenvalue weighted by atomic mass is 79.9. The molecule has 0 aliphatic carbocycles. The maximum Gasteiger partial charge on any atom is 0.253 e. The highest BCUT2D eigenvalue weighted by Gasteiger charge is 2.13. The first-order chi connectivity index (χ1) is 8.56. The lowest BCUT2D eigenvalue weighted by molar-refractivity contribution is 0.0792. The van der Waals surface area contributed by atoms with Crippen molar-refractivity contribution in [3.8, 4) is 0 Å². The number of hydrogen-bond acceptors (Lipinski definition) is 1. The van der Waals surface area contributed by atoms with Gasteiger partial charge in [0.25, 0.3) is 5.91 Å². The second-order valence-electron chi connectivity index (χ2n) is 4.44. The van der Waals surface area contributed by atoms with Gasteiger partial charge >= 0.3 is 0 Å². The van der Waals surface area contributed by atoms with E-state index in [1.54, 1.807) is 17.0 Å². The van der Waals surface area contributed by atoms with Crippen LogP contribution < -0.4 is 0 Å². The van der Waals surface area contributed by atoms with Crippen LogP contribution >= 0.6 is 27.5 Å². The third-order valence-electron chi connectivity index (χ3n) is 2.89. The van der Waals surface area contributed by atoms with Crippen molar-refractivity contribution >= 4 is 33.4 Å². The van der Waals surface area contributed by atoms with E-state index in [0.717, 1.165) is 42.3 Å². The number of unbranched alkanes of at least 4 members (excludes halogenated alkanes) is 2. The number of carbonyl (C=O) groups excluding carboxylic acids is 1. The molecule has 0 spiro atoms. The van der Waals surface area contributed by atoms with Gasteiger partial charge in [0, 0.05) is 29.5 Å². The molecule has 1 amide bonds. The van der Waals surface area contributed by atoms with Crippen LogP contribution in [-0.2, 0) is 0 Å². The van der Waals surface area contributed by atoms with Crippen molar-refractivity contribution in [2.24, 2.45) is 0 Å². The van der Waals surface area contributed by atoms with Crippen LogP contribution in [-0.4, -0.2) is 29.7 Å². The first-order valence-electron chi connectivity index (χ1n) is 6.14. The smallest absolute Gasteiger partial charge is 0.253 e. The van der Waals surface area contributed by atoms with Gasteiger partial charge in [0.05, 0.1) is 0 Å². The Morgan fingerprint density at radius 1 is 1.33 bits per heavy atom. The Kier molecular flexibility index (Phi) is 6.72. The number of rotatable bonds is 6.